The molecule has 0 atom stereocenters. The molecule has 4 aliphatic carbocycles. The van der Waals surface area contributed by atoms with Crippen molar-refractivity contribution < 1.29 is 4.79 Å². The fourth-order valence-corrected chi connectivity index (χ4v) is 5.78. The summed E-state index contributed by atoms with van der Waals surface area (Å²) in [5.41, 5.74) is 1.53. The van der Waals surface area contributed by atoms with E-state index < -0.39 is 0 Å². The second-order valence-corrected chi connectivity index (χ2v) is 8.09. The zero-order valence-corrected chi connectivity index (χ0v) is 12.7. The van der Waals surface area contributed by atoms with Crippen molar-refractivity contribution in [3.63, 3.8) is 0 Å². The van der Waals surface area contributed by atoms with Crippen LogP contribution in [-0.2, 0) is 4.79 Å². The third-order valence-electron chi connectivity index (χ3n) is 5.68. The second-order valence-electron chi connectivity index (χ2n) is 7.13. The summed E-state index contributed by atoms with van der Waals surface area (Å²) in [6.07, 6.45) is 8.31. The highest BCUT2D eigenvalue weighted by atomic mass is 32.2. The van der Waals surface area contributed by atoms with Crippen molar-refractivity contribution >= 4 is 28.5 Å². The number of carbonyl (C=O) groups excluding carboxylic acids is 1. The van der Waals surface area contributed by atoms with E-state index in [1.165, 1.54) is 56.0 Å². The molecule has 4 nitrogen and oxygen atoms in total. The number of hydrogen-bond donors (Lipinski definition) is 1. The molecule has 5 rings (SSSR count). The lowest BCUT2D eigenvalue weighted by Gasteiger charge is -2.56. The lowest BCUT2D eigenvalue weighted by Crippen LogP contribution is -2.49. The molecule has 5 fully saturated rings. The molecule has 1 aliphatic heterocycles. The average Bonchev–Trinajstić information content (AvgIpc) is 2.80. The first kappa shape index (κ1) is 12.9. The van der Waals surface area contributed by atoms with Gasteiger partial charge in [-0.1, -0.05) is 11.8 Å². The average molecular weight is 291 g/mol. The van der Waals surface area contributed by atoms with Gasteiger partial charge in [0, 0.05) is 11.1 Å². The number of hydrogen-bond acceptors (Lipinski definition) is 4. The van der Waals surface area contributed by atoms with Crippen molar-refractivity contribution in [2.75, 3.05) is 5.75 Å². The van der Waals surface area contributed by atoms with Gasteiger partial charge in [0.25, 0.3) is 0 Å². The van der Waals surface area contributed by atoms with Gasteiger partial charge in [-0.15, -0.1) is 5.10 Å². The van der Waals surface area contributed by atoms with E-state index in [2.05, 4.69) is 22.4 Å². The Balaban J connectivity index is 1.56. The maximum Gasteiger partial charge on any atom is 0.236 e. The number of thioether (sulfide) groups is 1. The predicted molar refractivity (Wildman–Crippen MR) is 81.7 cm³/mol. The van der Waals surface area contributed by atoms with Crippen LogP contribution < -0.4 is 5.32 Å². The molecule has 0 unspecified atom stereocenters. The van der Waals surface area contributed by atoms with E-state index in [-0.39, 0.29) is 5.91 Å². The second kappa shape index (κ2) is 4.58. The van der Waals surface area contributed by atoms with Crippen molar-refractivity contribution in [2.24, 2.45) is 33.4 Å². The van der Waals surface area contributed by atoms with Crippen LogP contribution in [0.4, 0.5) is 0 Å². The van der Waals surface area contributed by atoms with Crippen molar-refractivity contribution in [3.8, 4) is 0 Å². The Morgan fingerprint density at radius 3 is 2.30 bits per heavy atom. The van der Waals surface area contributed by atoms with Gasteiger partial charge in [-0.25, -0.2) is 0 Å². The molecule has 5 heteroatoms. The quantitative estimate of drug-likeness (QED) is 0.628. The number of carbonyl (C=O) groups is 1. The molecule has 1 saturated heterocycles. The Labute approximate surface area is 123 Å². The summed E-state index contributed by atoms with van der Waals surface area (Å²) in [4.78, 5) is 11.2. The van der Waals surface area contributed by atoms with Gasteiger partial charge in [-0.3, -0.25) is 4.79 Å². The van der Waals surface area contributed by atoms with Crippen LogP contribution in [0.15, 0.2) is 10.2 Å². The molecule has 5 aliphatic rings. The molecule has 1 N–H and O–H groups in total. The molecule has 4 bridgehead atoms. The van der Waals surface area contributed by atoms with Crippen LogP contribution in [-0.4, -0.2) is 22.5 Å². The Kier molecular flexibility index (Phi) is 2.95. The Morgan fingerprint density at radius 2 is 1.80 bits per heavy atom. The molecule has 0 radical (unpaired) electrons. The Bertz CT molecular complexity index is 476. The summed E-state index contributed by atoms with van der Waals surface area (Å²) in [6.45, 7) is 2.15. The highest BCUT2D eigenvalue weighted by Gasteiger charge is 2.52. The van der Waals surface area contributed by atoms with Gasteiger partial charge in [-0.05, 0) is 63.2 Å². The molecule has 0 aromatic heterocycles. The first-order chi connectivity index (χ1) is 9.63. The van der Waals surface area contributed by atoms with Crippen LogP contribution >= 0.6 is 11.8 Å². The Hall–Kier alpha value is -0.840. The SMILES string of the molecule is C/C(=N\N=C1/NC(=O)CS1)C12CC3CC(CC(C3)C1)C2. The van der Waals surface area contributed by atoms with Gasteiger partial charge in [0.1, 0.15) is 0 Å². The fraction of sp³-hybridized carbons (Fsp3) is 0.800. The summed E-state index contributed by atoms with van der Waals surface area (Å²) in [6, 6.07) is 0. The van der Waals surface area contributed by atoms with E-state index in [0.717, 1.165) is 17.8 Å². The first-order valence-corrected chi connectivity index (χ1v) is 8.67. The zero-order valence-electron chi connectivity index (χ0n) is 11.9. The summed E-state index contributed by atoms with van der Waals surface area (Å²) in [7, 11) is 0. The monoisotopic (exact) mass is 291 g/mol. The van der Waals surface area contributed by atoms with Crippen LogP contribution in [0.2, 0.25) is 0 Å². The lowest BCUT2D eigenvalue weighted by molar-refractivity contribution is -0.116. The van der Waals surface area contributed by atoms with E-state index >= 15 is 0 Å². The largest absolute Gasteiger partial charge is 0.303 e. The van der Waals surface area contributed by atoms with E-state index in [4.69, 9.17) is 0 Å². The minimum Gasteiger partial charge on any atom is -0.303 e. The van der Waals surface area contributed by atoms with Crippen molar-refractivity contribution in [3.05, 3.63) is 0 Å². The van der Waals surface area contributed by atoms with Crippen molar-refractivity contribution in [2.45, 2.75) is 45.4 Å². The van der Waals surface area contributed by atoms with Crippen LogP contribution in [0, 0.1) is 23.2 Å². The minimum absolute atomic E-state index is 0.0383. The molecule has 0 aromatic rings. The molecule has 0 aromatic carbocycles. The summed E-state index contributed by atoms with van der Waals surface area (Å²) >= 11 is 1.45. The third kappa shape index (κ3) is 2.10. The van der Waals surface area contributed by atoms with Gasteiger partial charge in [0.15, 0.2) is 5.17 Å². The molecule has 1 heterocycles. The lowest BCUT2D eigenvalue weighted by atomic mass is 9.48. The number of nitrogens with zero attached hydrogens (tertiary/aromatic N) is 2. The third-order valence-corrected chi connectivity index (χ3v) is 6.55. The molecule has 1 amide bonds. The van der Waals surface area contributed by atoms with E-state index in [1.807, 2.05) is 0 Å². The standard InChI is InChI=1S/C15H21N3OS/c1-9(17-18-14-16-13(19)8-20-14)15-5-10-2-11(6-15)4-12(3-10)7-15/h10-12H,2-8H2,1H3,(H,16,18,19)/b17-9+. The van der Waals surface area contributed by atoms with Gasteiger partial charge in [-0.2, -0.15) is 5.10 Å². The predicted octanol–water partition coefficient (Wildman–Crippen LogP) is 2.80. The molecular formula is C15H21N3OS. The molecule has 108 valence electrons. The zero-order chi connectivity index (χ0) is 13.7. The van der Waals surface area contributed by atoms with Crippen LogP contribution in [0.1, 0.15) is 45.4 Å². The highest BCUT2D eigenvalue weighted by molar-refractivity contribution is 8.15. The minimum atomic E-state index is 0.0383. The van der Waals surface area contributed by atoms with E-state index in [1.54, 1.807) is 0 Å². The van der Waals surface area contributed by atoms with E-state index in [0.29, 0.717) is 16.3 Å². The van der Waals surface area contributed by atoms with Gasteiger partial charge >= 0.3 is 0 Å². The van der Waals surface area contributed by atoms with Crippen LogP contribution in [0.25, 0.3) is 0 Å². The fourth-order valence-electron chi connectivity index (χ4n) is 5.16. The molecule has 20 heavy (non-hydrogen) atoms. The van der Waals surface area contributed by atoms with Crippen molar-refractivity contribution in [1.29, 1.82) is 0 Å². The summed E-state index contributed by atoms with van der Waals surface area (Å²) < 4.78 is 0. The molecular weight excluding hydrogens is 270 g/mol. The first-order valence-electron chi connectivity index (χ1n) is 7.68. The van der Waals surface area contributed by atoms with Crippen LogP contribution in [0.5, 0.6) is 0 Å². The molecule has 4 saturated carbocycles. The smallest absolute Gasteiger partial charge is 0.236 e. The summed E-state index contributed by atoms with van der Waals surface area (Å²) in [5, 5.41) is 12.2. The number of amidine groups is 1. The van der Waals surface area contributed by atoms with Gasteiger partial charge < -0.3 is 5.32 Å². The topological polar surface area (TPSA) is 53.8 Å². The maximum atomic E-state index is 11.2. The van der Waals surface area contributed by atoms with Crippen LogP contribution in [0.3, 0.4) is 0 Å². The summed E-state index contributed by atoms with van der Waals surface area (Å²) in [5.74, 6) is 3.31. The number of amides is 1. The van der Waals surface area contributed by atoms with Gasteiger partial charge in [0.2, 0.25) is 5.91 Å². The Morgan fingerprint density at radius 1 is 1.20 bits per heavy atom. The molecule has 0 spiro atoms. The number of rotatable bonds is 2. The van der Waals surface area contributed by atoms with E-state index in [9.17, 15) is 4.79 Å². The highest BCUT2D eigenvalue weighted by Crippen LogP contribution is 2.60. The van der Waals surface area contributed by atoms with Gasteiger partial charge in [0.05, 0.1) is 5.75 Å². The number of nitrogens with one attached hydrogen (secondary N) is 1. The van der Waals surface area contributed by atoms with Crippen molar-refractivity contribution in [1.82, 2.24) is 5.32 Å². The maximum absolute atomic E-state index is 11.2. The normalized spacial score (nSPS) is 45.2.